The van der Waals surface area contributed by atoms with Crippen molar-refractivity contribution in [1.82, 2.24) is 9.78 Å². The number of benzene rings is 1. The Labute approximate surface area is 118 Å². The lowest BCUT2D eigenvalue weighted by atomic mass is 10.1. The first-order valence-electron chi connectivity index (χ1n) is 5.37. The number of hydrogen-bond acceptors (Lipinski definition) is 2. The zero-order chi connectivity index (χ0) is 13.4. The van der Waals surface area contributed by atoms with Crippen molar-refractivity contribution in [3.05, 3.63) is 44.8 Å². The molecule has 2 N–H and O–H groups in total. The second kappa shape index (κ2) is 4.90. The first kappa shape index (κ1) is 13.4. The zero-order valence-corrected chi connectivity index (χ0v) is 12.3. The fraction of sp³-hybridized carbons (Fsp3) is 0.250. The van der Waals surface area contributed by atoms with Crippen LogP contribution in [0.3, 0.4) is 0 Å². The molecule has 6 heteroatoms. The van der Waals surface area contributed by atoms with Crippen molar-refractivity contribution in [2.75, 3.05) is 5.73 Å². The quantitative estimate of drug-likeness (QED) is 0.905. The maximum atomic E-state index is 13.8. The molecule has 0 saturated carbocycles. The molecule has 0 saturated heterocycles. The summed E-state index contributed by atoms with van der Waals surface area (Å²) in [5.41, 5.74) is 7.01. The van der Waals surface area contributed by atoms with Gasteiger partial charge in [0.15, 0.2) is 0 Å². The third-order valence-electron chi connectivity index (χ3n) is 2.82. The van der Waals surface area contributed by atoms with Gasteiger partial charge in [0, 0.05) is 10.0 Å². The average Bonchev–Trinajstić information content (AvgIpc) is 2.59. The molecule has 3 nitrogen and oxygen atoms in total. The van der Waals surface area contributed by atoms with E-state index in [0.29, 0.717) is 22.1 Å². The molecule has 0 aliphatic heterocycles. The largest absolute Gasteiger partial charge is 0.383 e. The molecular weight excluding hydrogens is 321 g/mol. The summed E-state index contributed by atoms with van der Waals surface area (Å²) >= 11 is 9.31. The Hall–Kier alpha value is -1.07. The van der Waals surface area contributed by atoms with Gasteiger partial charge >= 0.3 is 0 Å². The molecule has 1 heterocycles. The minimum atomic E-state index is -0.325. The predicted molar refractivity (Wildman–Crippen MR) is 74.3 cm³/mol. The number of nitrogens with zero attached hydrogens (tertiary/aromatic N) is 2. The van der Waals surface area contributed by atoms with E-state index in [1.807, 2.05) is 6.92 Å². The van der Waals surface area contributed by atoms with Gasteiger partial charge in [-0.05, 0) is 32.0 Å². The van der Waals surface area contributed by atoms with Crippen molar-refractivity contribution in [2.24, 2.45) is 0 Å². The summed E-state index contributed by atoms with van der Waals surface area (Å²) in [6.45, 7) is 3.59. The van der Waals surface area contributed by atoms with Crippen molar-refractivity contribution in [1.29, 1.82) is 0 Å². The van der Waals surface area contributed by atoms with Crippen LogP contribution in [0.4, 0.5) is 10.2 Å². The normalized spacial score (nSPS) is 12.7. The van der Waals surface area contributed by atoms with E-state index in [-0.39, 0.29) is 11.9 Å². The van der Waals surface area contributed by atoms with E-state index in [1.54, 1.807) is 19.1 Å². The molecule has 1 aromatic heterocycles. The second-order valence-corrected chi connectivity index (χ2v) is 5.36. The predicted octanol–water partition coefficient (Wildman–Crippen LogP) is 3.94. The van der Waals surface area contributed by atoms with Crippen LogP contribution >= 0.6 is 27.5 Å². The highest BCUT2D eigenvalue weighted by Gasteiger charge is 2.19. The number of aryl methyl sites for hydroxylation is 1. The Kier molecular flexibility index (Phi) is 3.64. The molecule has 0 bridgehead atoms. The minimum absolute atomic E-state index is 0.297. The fourth-order valence-corrected chi connectivity index (χ4v) is 2.31. The monoisotopic (exact) mass is 331 g/mol. The van der Waals surface area contributed by atoms with E-state index in [2.05, 4.69) is 21.0 Å². The summed E-state index contributed by atoms with van der Waals surface area (Å²) < 4.78 is 16.1. The lowest BCUT2D eigenvalue weighted by molar-refractivity contribution is 0.524. The van der Waals surface area contributed by atoms with Gasteiger partial charge in [-0.25, -0.2) is 9.07 Å². The van der Waals surface area contributed by atoms with Crippen LogP contribution in [0.5, 0.6) is 0 Å². The van der Waals surface area contributed by atoms with Gasteiger partial charge in [-0.1, -0.05) is 27.5 Å². The van der Waals surface area contributed by atoms with Gasteiger partial charge in [-0.3, -0.25) is 0 Å². The van der Waals surface area contributed by atoms with Crippen LogP contribution in [0.25, 0.3) is 0 Å². The first-order chi connectivity index (χ1) is 8.41. The Balaban J connectivity index is 2.50. The van der Waals surface area contributed by atoms with Crippen molar-refractivity contribution in [3.63, 3.8) is 0 Å². The molecule has 18 heavy (non-hydrogen) atoms. The number of nitrogens with two attached hydrogens (primary N) is 1. The Bertz CT molecular complexity index is 597. The fourth-order valence-electron chi connectivity index (χ4n) is 1.81. The number of hydrogen-bond donors (Lipinski definition) is 1. The van der Waals surface area contributed by atoms with Crippen LogP contribution in [-0.2, 0) is 0 Å². The molecular formula is C12H12BrClFN3. The number of anilines is 1. The number of halogens is 3. The third kappa shape index (κ3) is 2.24. The Morgan fingerprint density at radius 3 is 2.72 bits per heavy atom. The SMILES string of the molecule is Cc1nn(C(C)c2cc(Br)ccc2F)c(N)c1Cl. The Morgan fingerprint density at radius 1 is 1.50 bits per heavy atom. The highest BCUT2D eigenvalue weighted by molar-refractivity contribution is 9.10. The Morgan fingerprint density at radius 2 is 2.17 bits per heavy atom. The number of nitrogen functional groups attached to an aromatic ring is 1. The molecule has 0 fully saturated rings. The molecule has 0 aliphatic carbocycles. The third-order valence-corrected chi connectivity index (χ3v) is 3.78. The lowest BCUT2D eigenvalue weighted by Crippen LogP contribution is -2.13. The number of rotatable bonds is 2. The van der Waals surface area contributed by atoms with Gasteiger partial charge in [0.2, 0.25) is 0 Å². The molecule has 2 aromatic rings. The molecule has 0 aliphatic rings. The van der Waals surface area contributed by atoms with Crippen molar-refractivity contribution < 1.29 is 4.39 Å². The smallest absolute Gasteiger partial charge is 0.141 e. The van der Waals surface area contributed by atoms with Crippen LogP contribution in [0.1, 0.15) is 24.2 Å². The van der Waals surface area contributed by atoms with Crippen LogP contribution < -0.4 is 5.73 Å². The van der Waals surface area contributed by atoms with E-state index in [1.165, 1.54) is 10.7 Å². The lowest BCUT2D eigenvalue weighted by Gasteiger charge is -2.15. The van der Waals surface area contributed by atoms with E-state index < -0.39 is 0 Å². The summed E-state index contributed by atoms with van der Waals surface area (Å²) in [6.07, 6.45) is 0. The standard InChI is InChI=1S/C12H12BrClFN3/c1-6-11(14)12(16)18(17-6)7(2)9-5-8(13)3-4-10(9)15/h3-5,7H,16H2,1-2H3. The van der Waals surface area contributed by atoms with E-state index in [0.717, 1.165) is 4.47 Å². The van der Waals surface area contributed by atoms with Crippen LogP contribution in [-0.4, -0.2) is 9.78 Å². The van der Waals surface area contributed by atoms with Gasteiger partial charge in [0.05, 0.1) is 11.7 Å². The van der Waals surface area contributed by atoms with Gasteiger partial charge < -0.3 is 5.73 Å². The van der Waals surface area contributed by atoms with Gasteiger partial charge in [-0.2, -0.15) is 5.10 Å². The van der Waals surface area contributed by atoms with Crippen LogP contribution in [0.15, 0.2) is 22.7 Å². The topological polar surface area (TPSA) is 43.8 Å². The van der Waals surface area contributed by atoms with Gasteiger partial charge in [0.25, 0.3) is 0 Å². The highest BCUT2D eigenvalue weighted by atomic mass is 79.9. The van der Waals surface area contributed by atoms with Gasteiger partial charge in [-0.15, -0.1) is 0 Å². The summed E-state index contributed by atoms with van der Waals surface area (Å²) in [5.74, 6) is 0.0513. The molecule has 1 aromatic carbocycles. The van der Waals surface area contributed by atoms with Crippen LogP contribution in [0.2, 0.25) is 5.02 Å². The van der Waals surface area contributed by atoms with Crippen molar-refractivity contribution in [3.8, 4) is 0 Å². The summed E-state index contributed by atoms with van der Waals surface area (Å²) in [7, 11) is 0. The van der Waals surface area contributed by atoms with E-state index >= 15 is 0 Å². The molecule has 0 amide bonds. The van der Waals surface area contributed by atoms with Crippen molar-refractivity contribution in [2.45, 2.75) is 19.9 Å². The summed E-state index contributed by atoms with van der Waals surface area (Å²) in [4.78, 5) is 0. The average molecular weight is 333 g/mol. The molecule has 1 unspecified atom stereocenters. The zero-order valence-electron chi connectivity index (χ0n) is 9.92. The molecule has 0 radical (unpaired) electrons. The van der Waals surface area contributed by atoms with Gasteiger partial charge in [0.1, 0.15) is 16.7 Å². The molecule has 1 atom stereocenters. The first-order valence-corrected chi connectivity index (χ1v) is 6.54. The maximum absolute atomic E-state index is 13.8. The summed E-state index contributed by atoms with van der Waals surface area (Å²) in [6, 6.07) is 4.44. The highest BCUT2D eigenvalue weighted by Crippen LogP contribution is 2.30. The second-order valence-electron chi connectivity index (χ2n) is 4.07. The molecule has 0 spiro atoms. The molecule has 2 rings (SSSR count). The summed E-state index contributed by atoms with van der Waals surface area (Å²) in [5, 5.41) is 4.65. The molecule has 96 valence electrons. The van der Waals surface area contributed by atoms with E-state index in [4.69, 9.17) is 17.3 Å². The van der Waals surface area contributed by atoms with E-state index in [9.17, 15) is 4.39 Å². The van der Waals surface area contributed by atoms with Crippen molar-refractivity contribution >= 4 is 33.3 Å². The number of aromatic nitrogens is 2. The van der Waals surface area contributed by atoms with Crippen LogP contribution in [0, 0.1) is 12.7 Å². The minimum Gasteiger partial charge on any atom is -0.383 e. The maximum Gasteiger partial charge on any atom is 0.141 e.